The Morgan fingerprint density at radius 1 is 1.20 bits per heavy atom. The highest BCUT2D eigenvalue weighted by Gasteiger charge is 2.07. The molecule has 0 saturated carbocycles. The van der Waals surface area contributed by atoms with E-state index in [1.807, 2.05) is 6.92 Å². The highest BCUT2D eigenvalue weighted by molar-refractivity contribution is 7.90. The van der Waals surface area contributed by atoms with E-state index in [0.29, 0.717) is 30.1 Å². The molecular formula is C14H22O5S. The number of hydrogen-bond donors (Lipinski definition) is 1. The zero-order valence-electron chi connectivity index (χ0n) is 12.0. The van der Waals surface area contributed by atoms with E-state index in [1.54, 1.807) is 18.2 Å². The van der Waals surface area contributed by atoms with E-state index in [0.717, 1.165) is 6.42 Å². The molecule has 1 N–H and O–H groups in total. The van der Waals surface area contributed by atoms with Crippen LogP contribution in [0.5, 0.6) is 11.5 Å². The molecule has 0 aromatic heterocycles. The molecule has 0 radical (unpaired) electrons. The third-order valence-corrected chi connectivity index (χ3v) is 3.63. The highest BCUT2D eigenvalue weighted by atomic mass is 32.2. The first-order valence-electron chi connectivity index (χ1n) is 6.63. The summed E-state index contributed by atoms with van der Waals surface area (Å²) in [6, 6.07) is 5.25. The van der Waals surface area contributed by atoms with Gasteiger partial charge in [-0.15, -0.1) is 0 Å². The SMILES string of the molecule is CCCOc1ccc(CO)c(OCCCS(C)(=O)=O)c1. The van der Waals surface area contributed by atoms with Crippen LogP contribution in [0.3, 0.4) is 0 Å². The fraction of sp³-hybridized carbons (Fsp3) is 0.571. The van der Waals surface area contributed by atoms with Crippen molar-refractivity contribution in [3.63, 3.8) is 0 Å². The zero-order valence-corrected chi connectivity index (χ0v) is 12.8. The van der Waals surface area contributed by atoms with Crippen LogP contribution in [0.2, 0.25) is 0 Å². The number of aliphatic hydroxyl groups excluding tert-OH is 1. The van der Waals surface area contributed by atoms with Gasteiger partial charge in [-0.2, -0.15) is 0 Å². The summed E-state index contributed by atoms with van der Waals surface area (Å²) in [6.45, 7) is 2.80. The summed E-state index contributed by atoms with van der Waals surface area (Å²) in [7, 11) is -2.97. The van der Waals surface area contributed by atoms with Crippen molar-refractivity contribution in [1.82, 2.24) is 0 Å². The molecule has 6 heteroatoms. The van der Waals surface area contributed by atoms with Gasteiger partial charge < -0.3 is 14.6 Å². The fourth-order valence-electron chi connectivity index (χ4n) is 1.61. The van der Waals surface area contributed by atoms with Crippen molar-refractivity contribution in [2.75, 3.05) is 25.2 Å². The van der Waals surface area contributed by atoms with Gasteiger partial charge in [0.05, 0.1) is 25.6 Å². The van der Waals surface area contributed by atoms with Crippen molar-refractivity contribution >= 4 is 9.84 Å². The van der Waals surface area contributed by atoms with Gasteiger partial charge in [-0.3, -0.25) is 0 Å². The summed E-state index contributed by atoms with van der Waals surface area (Å²) < 4.78 is 33.1. The lowest BCUT2D eigenvalue weighted by Gasteiger charge is -2.12. The Morgan fingerprint density at radius 2 is 1.95 bits per heavy atom. The molecule has 1 aromatic rings. The Kier molecular flexibility index (Phi) is 6.81. The zero-order chi connectivity index (χ0) is 15.0. The van der Waals surface area contributed by atoms with E-state index in [-0.39, 0.29) is 19.0 Å². The van der Waals surface area contributed by atoms with E-state index in [4.69, 9.17) is 9.47 Å². The predicted octanol–water partition coefficient (Wildman–Crippen LogP) is 1.78. The number of ether oxygens (including phenoxy) is 2. The van der Waals surface area contributed by atoms with Crippen molar-refractivity contribution in [3.05, 3.63) is 23.8 Å². The van der Waals surface area contributed by atoms with Crippen LogP contribution in [0.1, 0.15) is 25.3 Å². The van der Waals surface area contributed by atoms with Gasteiger partial charge in [-0.25, -0.2) is 8.42 Å². The summed E-state index contributed by atoms with van der Waals surface area (Å²) in [4.78, 5) is 0. The molecule has 0 aliphatic carbocycles. The van der Waals surface area contributed by atoms with Crippen LogP contribution in [-0.4, -0.2) is 38.7 Å². The van der Waals surface area contributed by atoms with Gasteiger partial charge in [-0.1, -0.05) is 6.92 Å². The largest absolute Gasteiger partial charge is 0.493 e. The lowest BCUT2D eigenvalue weighted by Crippen LogP contribution is -2.09. The van der Waals surface area contributed by atoms with Crippen LogP contribution in [0, 0.1) is 0 Å². The number of aliphatic hydroxyl groups is 1. The normalized spacial score (nSPS) is 11.3. The second-order valence-electron chi connectivity index (χ2n) is 4.61. The van der Waals surface area contributed by atoms with Crippen LogP contribution in [0.15, 0.2) is 18.2 Å². The molecule has 0 saturated heterocycles. The summed E-state index contributed by atoms with van der Waals surface area (Å²) in [5.74, 6) is 1.31. The fourth-order valence-corrected chi connectivity index (χ4v) is 2.26. The van der Waals surface area contributed by atoms with Crippen LogP contribution < -0.4 is 9.47 Å². The maximum absolute atomic E-state index is 11.0. The third-order valence-electron chi connectivity index (χ3n) is 2.60. The van der Waals surface area contributed by atoms with E-state index in [1.165, 1.54) is 6.26 Å². The Morgan fingerprint density at radius 3 is 2.55 bits per heavy atom. The minimum Gasteiger partial charge on any atom is -0.493 e. The Hall–Kier alpha value is -1.27. The molecule has 1 rings (SSSR count). The monoisotopic (exact) mass is 302 g/mol. The van der Waals surface area contributed by atoms with Crippen LogP contribution >= 0.6 is 0 Å². The molecule has 0 unspecified atom stereocenters. The second-order valence-corrected chi connectivity index (χ2v) is 6.87. The van der Waals surface area contributed by atoms with Gasteiger partial charge >= 0.3 is 0 Å². The first kappa shape index (κ1) is 16.8. The molecule has 0 spiro atoms. The molecule has 0 aliphatic heterocycles. The summed E-state index contributed by atoms with van der Waals surface area (Å²) in [5.41, 5.74) is 0.660. The van der Waals surface area contributed by atoms with E-state index in [2.05, 4.69) is 0 Å². The Bertz CT molecular complexity index is 510. The summed E-state index contributed by atoms with van der Waals surface area (Å²) in [5, 5.41) is 9.25. The van der Waals surface area contributed by atoms with Crippen molar-refractivity contribution in [2.45, 2.75) is 26.4 Å². The molecule has 5 nitrogen and oxygen atoms in total. The van der Waals surface area contributed by atoms with E-state index in [9.17, 15) is 13.5 Å². The van der Waals surface area contributed by atoms with Gasteiger partial charge in [0.15, 0.2) is 0 Å². The highest BCUT2D eigenvalue weighted by Crippen LogP contribution is 2.25. The number of hydrogen-bond acceptors (Lipinski definition) is 5. The molecule has 114 valence electrons. The minimum atomic E-state index is -2.97. The number of sulfone groups is 1. The second kappa shape index (κ2) is 8.11. The van der Waals surface area contributed by atoms with Crippen molar-refractivity contribution in [2.24, 2.45) is 0 Å². The molecule has 0 fully saturated rings. The molecule has 0 atom stereocenters. The van der Waals surface area contributed by atoms with E-state index >= 15 is 0 Å². The first-order valence-corrected chi connectivity index (χ1v) is 8.69. The Balaban J connectivity index is 2.61. The van der Waals surface area contributed by atoms with Gasteiger partial charge in [0.2, 0.25) is 0 Å². The lowest BCUT2D eigenvalue weighted by molar-refractivity contribution is 0.260. The van der Waals surface area contributed by atoms with Crippen molar-refractivity contribution in [1.29, 1.82) is 0 Å². The minimum absolute atomic E-state index is 0.0908. The van der Waals surface area contributed by atoms with Crippen molar-refractivity contribution < 1.29 is 23.0 Å². The molecular weight excluding hydrogens is 280 g/mol. The molecule has 1 aromatic carbocycles. The topological polar surface area (TPSA) is 72.8 Å². The summed E-state index contributed by atoms with van der Waals surface area (Å²) in [6.07, 6.45) is 2.53. The number of rotatable bonds is 9. The smallest absolute Gasteiger partial charge is 0.147 e. The Labute approximate surface area is 120 Å². The predicted molar refractivity (Wildman–Crippen MR) is 78.0 cm³/mol. The lowest BCUT2D eigenvalue weighted by atomic mass is 10.2. The molecule has 0 bridgehead atoms. The average Bonchev–Trinajstić information content (AvgIpc) is 2.40. The molecule has 0 amide bonds. The van der Waals surface area contributed by atoms with Crippen LogP contribution in [-0.2, 0) is 16.4 Å². The van der Waals surface area contributed by atoms with Crippen molar-refractivity contribution in [3.8, 4) is 11.5 Å². The molecule has 0 aliphatic rings. The molecule has 20 heavy (non-hydrogen) atoms. The van der Waals surface area contributed by atoms with Gasteiger partial charge in [0, 0.05) is 17.9 Å². The standard InChI is InChI=1S/C14H22O5S/c1-3-7-18-13-6-5-12(11-15)14(10-13)19-8-4-9-20(2,16)17/h5-6,10,15H,3-4,7-9,11H2,1-2H3. The van der Waals surface area contributed by atoms with Crippen LogP contribution in [0.25, 0.3) is 0 Å². The van der Waals surface area contributed by atoms with E-state index < -0.39 is 9.84 Å². The van der Waals surface area contributed by atoms with Gasteiger partial charge in [0.25, 0.3) is 0 Å². The third kappa shape index (κ3) is 6.25. The number of benzene rings is 1. The first-order chi connectivity index (χ1) is 9.46. The van der Waals surface area contributed by atoms with Gasteiger partial charge in [-0.05, 0) is 25.0 Å². The van der Waals surface area contributed by atoms with Gasteiger partial charge in [0.1, 0.15) is 21.3 Å². The summed E-state index contributed by atoms with van der Waals surface area (Å²) >= 11 is 0. The maximum Gasteiger partial charge on any atom is 0.147 e. The average molecular weight is 302 g/mol. The van der Waals surface area contributed by atoms with Crippen LogP contribution in [0.4, 0.5) is 0 Å². The maximum atomic E-state index is 11.0. The quantitative estimate of drug-likeness (QED) is 0.704. The molecule has 0 heterocycles.